The van der Waals surface area contributed by atoms with E-state index in [1.807, 2.05) is 86.7 Å². The number of ether oxygens (including phenoxy) is 2. The van der Waals surface area contributed by atoms with Crippen LogP contribution in [0.5, 0.6) is 0 Å². The molecule has 2 aliphatic heterocycles. The molecule has 16 rings (SSSR count). The first-order chi connectivity index (χ1) is 67.4. The third kappa shape index (κ3) is 35.9. The second-order valence-electron chi connectivity index (χ2n) is 32.7. The molecule has 5 amide bonds. The lowest BCUT2D eigenvalue weighted by Crippen LogP contribution is -2.48. The van der Waals surface area contributed by atoms with E-state index < -0.39 is 58.8 Å². The summed E-state index contributed by atoms with van der Waals surface area (Å²) in [7, 11) is 3.26. The predicted octanol–water partition coefficient (Wildman–Crippen LogP) is 12.3. The molecule has 2 aliphatic rings. The zero-order chi connectivity index (χ0) is 103. The summed E-state index contributed by atoms with van der Waals surface area (Å²) in [6.07, 6.45) is 20.6. The fraction of sp³-hybridized carbons (Fsp3) is 0.242. The number of nitrogens with two attached hydrogens (primary N) is 4. The molecular weight excluding hydrogens is 2040 g/mol. The van der Waals surface area contributed by atoms with E-state index in [1.165, 1.54) is 28.5 Å². The summed E-state index contributed by atoms with van der Waals surface area (Å²) >= 11 is 30.0. The minimum absolute atomic E-state index is 0. The number of rotatable bonds is 26. The Balaban J connectivity index is 0.000000241. The number of halogens is 1. The number of fused-ring (bicyclic) bond motifs is 4. The number of aromatic nitrogens is 14. The van der Waals surface area contributed by atoms with Gasteiger partial charge in [0.05, 0.1) is 47.2 Å². The van der Waals surface area contributed by atoms with Gasteiger partial charge >= 0.3 is 17.9 Å². The number of aryl methyl sites for hydroxylation is 2. The number of benzene rings is 4. The maximum atomic E-state index is 13.5. The molecule has 48 heteroatoms. The van der Waals surface area contributed by atoms with Crippen LogP contribution in [0.1, 0.15) is 126 Å². The molecule has 143 heavy (non-hydrogen) atoms. The Morgan fingerprint density at radius 1 is 0.462 bits per heavy atom. The highest BCUT2D eigenvalue weighted by Gasteiger charge is 2.32. The SMILES string of the molecule is C.CC(C)(C)OC(=O)Cn1cc(C(N)=O)c2cc(Nc3ccc(Cl)nn3)ccc21.CC(C)(C)OC(=O)Cn1cc(C(N)=O)c2cc(Nc3cccnn3)ccc21.Cc1cccc(CC(=O)[C@@H]2CC=CCN2)n1.Cc1cccc(CC(=O)[C@@H]2CC=CCN2C(=O)Cn2cc(C(N)=O)c3cc(Nc4cccnn4)ccc32)n1.NC(=O)c1cn(CC(=O)O)c2ccc(Nc3cccnn3)cc12.S.S=S.S=S=S.S=S=S=S. The summed E-state index contributed by atoms with van der Waals surface area (Å²) in [4.78, 5) is 132. The third-order valence-electron chi connectivity index (χ3n) is 20.0. The van der Waals surface area contributed by atoms with Crippen molar-refractivity contribution in [3.8, 4) is 0 Å². The number of nitrogens with one attached hydrogen (secondary N) is 5. The molecule has 4 aromatic carbocycles. The maximum Gasteiger partial charge on any atom is 0.326 e. The van der Waals surface area contributed by atoms with Gasteiger partial charge in [0.2, 0.25) is 5.91 Å². The fourth-order valence-corrected chi connectivity index (χ4v) is 14.5. The van der Waals surface area contributed by atoms with Gasteiger partial charge in [-0.2, -0.15) is 28.8 Å². The van der Waals surface area contributed by atoms with Crippen molar-refractivity contribution in [1.29, 1.82) is 0 Å². The number of Topliss-reactive ketones (excluding diaryl/α,β-unsaturated/α-hetero) is 2. The van der Waals surface area contributed by atoms with E-state index in [9.17, 15) is 47.9 Å². The molecule has 0 saturated carbocycles. The molecule has 37 nitrogen and oxygen atoms in total. The molecule has 10 aromatic heterocycles. The first-order valence-corrected chi connectivity index (χ1v) is 50.9. The van der Waals surface area contributed by atoms with Crippen molar-refractivity contribution in [2.45, 2.75) is 138 Å². The number of anilines is 8. The van der Waals surface area contributed by atoms with E-state index >= 15 is 0 Å². The first-order valence-electron chi connectivity index (χ1n) is 42.5. The Bertz CT molecular complexity index is 7050. The highest BCUT2D eigenvalue weighted by molar-refractivity contribution is 8.51. The van der Waals surface area contributed by atoms with Crippen LogP contribution in [0.25, 0.3) is 43.6 Å². The van der Waals surface area contributed by atoms with Gasteiger partial charge in [0.15, 0.2) is 40.0 Å². The molecule has 14 aromatic rings. The third-order valence-corrected chi connectivity index (χ3v) is 22.4. The molecule has 0 unspecified atom stereocenters. The highest BCUT2D eigenvalue weighted by atomic mass is 35.5. The number of pyridine rings is 2. The molecule has 0 bridgehead atoms. The molecule has 0 spiro atoms. The summed E-state index contributed by atoms with van der Waals surface area (Å²) in [6.45, 7) is 15.4. The van der Waals surface area contributed by atoms with Gasteiger partial charge in [-0.05, 0) is 214 Å². The van der Waals surface area contributed by atoms with Crippen LogP contribution in [0.15, 0.2) is 225 Å². The van der Waals surface area contributed by atoms with Gasteiger partial charge in [-0.3, -0.25) is 57.9 Å². The topological polar surface area (TPSA) is 525 Å². The molecule has 0 saturated heterocycles. The Morgan fingerprint density at radius 2 is 0.818 bits per heavy atom. The lowest BCUT2D eigenvalue weighted by Gasteiger charge is -2.32. The Morgan fingerprint density at radius 3 is 1.13 bits per heavy atom. The molecule has 14 N–H and O–H groups in total. The van der Waals surface area contributed by atoms with E-state index in [4.69, 9.17) is 49.1 Å². The van der Waals surface area contributed by atoms with Crippen LogP contribution in [0, 0.1) is 13.8 Å². The number of amides is 5. The molecule has 0 fully saturated rings. The monoisotopic (exact) mass is 2140 g/mol. The molecule has 12 heterocycles. The van der Waals surface area contributed by atoms with Crippen molar-refractivity contribution in [3.05, 3.63) is 276 Å². The normalized spacial score (nSPS) is 12.5. The van der Waals surface area contributed by atoms with E-state index in [1.54, 1.807) is 194 Å². The van der Waals surface area contributed by atoms with Crippen LogP contribution in [0.3, 0.4) is 0 Å². The summed E-state index contributed by atoms with van der Waals surface area (Å²) < 4.78 is 17.2. The van der Waals surface area contributed by atoms with Crippen LogP contribution in [-0.2, 0) is 171 Å². The molecule has 0 aliphatic carbocycles. The summed E-state index contributed by atoms with van der Waals surface area (Å²) in [6, 6.07) is 46.0. The minimum atomic E-state index is -1.00. The lowest BCUT2D eigenvalue weighted by atomic mass is 9.99. The Hall–Kier alpha value is -14.0. The molecule has 748 valence electrons. The second-order valence-corrected chi connectivity index (χ2v) is 38.4. The number of hydrogen-bond acceptors (Lipinski definition) is 33. The lowest BCUT2D eigenvalue weighted by molar-refractivity contribution is -0.156. The number of carboxylic acids is 1. The van der Waals surface area contributed by atoms with Gasteiger partial charge in [-0.25, -0.2) is 0 Å². The maximum absolute atomic E-state index is 13.5. The Kier molecular flexibility index (Phi) is 45.9. The van der Waals surface area contributed by atoms with E-state index in [0.717, 1.165) is 44.6 Å². The van der Waals surface area contributed by atoms with Crippen LogP contribution >= 0.6 is 25.1 Å². The summed E-state index contributed by atoms with van der Waals surface area (Å²) in [5.41, 5.74) is 30.9. The molecule has 0 radical (unpaired) electrons. The van der Waals surface area contributed by atoms with Gasteiger partial charge in [0.25, 0.3) is 23.6 Å². The van der Waals surface area contributed by atoms with Crippen molar-refractivity contribution < 1.29 is 62.5 Å². The van der Waals surface area contributed by atoms with Gasteiger partial charge in [-0.1, -0.05) is 55.5 Å². The smallest absolute Gasteiger partial charge is 0.326 e. The quantitative estimate of drug-likeness (QED) is 0.0178. The zero-order valence-corrected chi connectivity index (χ0v) is 86.6. The predicted molar refractivity (Wildman–Crippen MR) is 581 cm³/mol. The number of esters is 2. The summed E-state index contributed by atoms with van der Waals surface area (Å²) in [5, 5.41) is 58.3. The number of aliphatic carboxylic acids is 1. The largest absolute Gasteiger partial charge is 0.480 e. The first kappa shape index (κ1) is 116. The van der Waals surface area contributed by atoms with Crippen LogP contribution in [0.4, 0.5) is 46.0 Å². The van der Waals surface area contributed by atoms with Crippen molar-refractivity contribution in [3.63, 3.8) is 0 Å². The average molecular weight is 2150 g/mol. The van der Waals surface area contributed by atoms with Gasteiger partial charge in [0.1, 0.15) is 37.4 Å². The number of carboxylic acid groups (broad SMARTS) is 1. The number of carbonyl (C=O) groups excluding carboxylic acids is 9. The zero-order valence-electron chi connectivity index (χ0n) is 77.5. The van der Waals surface area contributed by atoms with Crippen molar-refractivity contribution in [2.24, 2.45) is 22.9 Å². The van der Waals surface area contributed by atoms with Crippen molar-refractivity contribution >= 4 is 268 Å². The van der Waals surface area contributed by atoms with Gasteiger partial charge in [-0.15, -0.1) is 25.5 Å². The molecule has 2 atom stereocenters. The van der Waals surface area contributed by atoms with Crippen LogP contribution in [-0.4, -0.2) is 174 Å². The van der Waals surface area contributed by atoms with E-state index in [2.05, 4.69) is 157 Å². The minimum Gasteiger partial charge on any atom is -0.480 e. The van der Waals surface area contributed by atoms with Crippen molar-refractivity contribution in [1.82, 2.24) is 79.2 Å². The van der Waals surface area contributed by atoms with Crippen molar-refractivity contribution in [2.75, 3.05) is 34.4 Å². The summed E-state index contributed by atoms with van der Waals surface area (Å²) in [5.74, 6) is -2.05. The fourth-order valence-electron chi connectivity index (χ4n) is 14.4. The van der Waals surface area contributed by atoms with Gasteiger partial charge in [0, 0.05) is 239 Å². The van der Waals surface area contributed by atoms with Crippen LogP contribution in [0.2, 0.25) is 5.15 Å². The standard InChI is InChI=1S/C28H27N7O3.C19H20ClN5O3.C19H21N5O3.C15H13N5O3.C13H16N2O.CH4.S4.S3.S2.H2S/c1-18-6-4-7-19(31-18)15-25(36)24-8-2-3-13-35(24)27(37)17-34-16-22(28(29)38)21-14-20(10-11-23(21)34)32-26-9-5-12-30-33-26;1-19(2,3)28-17(26)10-25-9-13(18(21)27)12-8-11(4-5-14(12)25)22-16-7-6-15(20)23-24-16;1-19(2,3)27-17(25)11-24-10-14(18(20)26)13-9-12(6-7-15(13)24)22-16-5-4-8-21-23-16;16-15(23)11-7-20(8-14(21)22)12-4-3-9(6-10(11)12)18-13-2-1-5-17-19-13;1-10-5-4-6-11(15-10)9-13(16)12-7-2-3-8-14-12;;1-3-4-2;1-3-2;1-2;/h2-7,9-12,14,16,24H,8,13,15,17H2,1H3,(H2,29,38)(H,32,33);4-9H,10H2,1-3H3,(H2,21,27)(H,22,24);4-10H,11H2,1-3H3,(H2,20,26)(H,22,23);1-7H,8H2,(H2,16,23)(H,18,19)(H,21,22);2-6,12,14H,7-9H2,1H3;1H4;;;;1H2/t24-;;;;12-;;;;;/m0...0...../s1. The number of primary amides is 4. The van der Waals surface area contributed by atoms with Gasteiger partial charge < -0.3 is 87.3 Å². The number of carbonyl (C=O) groups is 10. The number of hydrogen-bond donors (Lipinski definition) is 10. The molecular formula is C95H103ClN24O13S10. The van der Waals surface area contributed by atoms with Crippen LogP contribution < -0.4 is 49.5 Å². The second kappa shape index (κ2) is 56.6. The highest BCUT2D eigenvalue weighted by Crippen LogP contribution is 2.33. The average Bonchev–Trinajstić information content (AvgIpc) is 1.59. The number of ketones is 2. The van der Waals surface area contributed by atoms with E-state index in [0.29, 0.717) is 126 Å². The van der Waals surface area contributed by atoms with E-state index in [-0.39, 0.29) is 87.8 Å². The number of nitrogens with zero attached hydrogens (tertiary/aromatic N) is 15. The Labute approximate surface area is 873 Å².